The zero-order valence-corrected chi connectivity index (χ0v) is 52.6. The highest BCUT2D eigenvalue weighted by molar-refractivity contribution is 6.31. The average Bonchev–Trinajstić information content (AvgIpc) is 0.740. The van der Waals surface area contributed by atoms with E-state index < -0.39 is 174 Å². The summed E-state index contributed by atoms with van der Waals surface area (Å²) in [6, 6.07) is 5.16. The number of phenols is 2. The number of nitrogens with one attached hydrogen (secondary N) is 7. The van der Waals surface area contributed by atoms with Crippen molar-refractivity contribution in [2.75, 3.05) is 33.4 Å². The van der Waals surface area contributed by atoms with E-state index in [1.807, 2.05) is 26.0 Å². The molecule has 2 heterocycles. The molecule has 4 aliphatic rings. The van der Waals surface area contributed by atoms with E-state index in [2.05, 4.69) is 37.2 Å². The first-order valence-electron chi connectivity index (χ1n) is 30.9. The SMILES string of the molecule is COc1cccc2c1C(=O)c1c(O)c3c(c(O)c1C2=O)C[C@@](O)(C(=O)CO)C[C@@H]3O[C@H]1C[C@H](NC(=O)[C@H](CC(C)C)NC(=O)[C@H](CCCNC(N)=O)NC(=O)[C@H](CCc2ccccc2)NC(=O)CNC(=O)[C@H](CC(C)C)NC(=O)[C@@H]2CCCN2C(C)=O)[C@H](O)[C@H](C)O1. The number of ether oxygens (including phenoxy) is 3. The van der Waals surface area contributed by atoms with E-state index in [-0.39, 0.29) is 97.2 Å². The number of Topliss-reactive ketones (excluding diaryl/α,β-unsaturated/α-hetero) is 1. The Morgan fingerprint density at radius 3 is 2.05 bits per heavy atom. The first kappa shape index (κ1) is 70.9. The predicted octanol–water partition coefficient (Wildman–Crippen LogP) is 0.399. The van der Waals surface area contributed by atoms with Gasteiger partial charge in [-0.1, -0.05) is 70.2 Å². The number of aryl methyl sites for hydroxylation is 1. The van der Waals surface area contributed by atoms with Gasteiger partial charge in [-0.25, -0.2) is 4.79 Å². The second kappa shape index (κ2) is 31.2. The smallest absolute Gasteiger partial charge is 0.312 e. The van der Waals surface area contributed by atoms with Crippen molar-refractivity contribution < 1.29 is 92.5 Å². The van der Waals surface area contributed by atoms with Crippen LogP contribution in [0, 0.1) is 11.8 Å². The monoisotopic (exact) mass is 1280 g/mol. The molecular weight excluding hydrogens is 1200 g/mol. The Bertz CT molecular complexity index is 3290. The van der Waals surface area contributed by atoms with E-state index in [0.29, 0.717) is 19.4 Å². The molecule has 92 heavy (non-hydrogen) atoms. The zero-order valence-electron chi connectivity index (χ0n) is 52.6. The highest BCUT2D eigenvalue weighted by Crippen LogP contribution is 2.52. The lowest BCUT2D eigenvalue weighted by Crippen LogP contribution is -2.60. The molecule has 2 fully saturated rings. The number of carbonyl (C=O) groups excluding carboxylic acids is 11. The first-order chi connectivity index (χ1) is 43.6. The molecule has 9 amide bonds. The number of hydrogen-bond acceptors (Lipinski definition) is 19. The van der Waals surface area contributed by atoms with Gasteiger partial charge in [0.2, 0.25) is 47.1 Å². The Morgan fingerprint density at radius 1 is 0.783 bits per heavy atom. The van der Waals surface area contributed by atoms with Gasteiger partial charge in [-0.15, -0.1) is 0 Å². The number of aliphatic hydroxyl groups excluding tert-OH is 2. The number of primary amides is 1. The number of carbonyl (C=O) groups is 11. The number of phenolic OH excluding ortho intramolecular Hbond substituents is 2. The number of urea groups is 1. The fourth-order valence-corrected chi connectivity index (χ4v) is 12.3. The van der Waals surface area contributed by atoms with Gasteiger partial charge < -0.3 is 87.6 Å². The predicted molar refractivity (Wildman–Crippen MR) is 327 cm³/mol. The summed E-state index contributed by atoms with van der Waals surface area (Å²) in [5, 5.41) is 75.9. The van der Waals surface area contributed by atoms with Gasteiger partial charge in [0, 0.05) is 56.0 Å². The number of amides is 9. The molecule has 0 aromatic heterocycles. The van der Waals surface area contributed by atoms with E-state index >= 15 is 0 Å². The van der Waals surface area contributed by atoms with Crippen LogP contribution in [0.25, 0.3) is 0 Å². The van der Waals surface area contributed by atoms with Gasteiger partial charge in [-0.05, 0) is 81.8 Å². The summed E-state index contributed by atoms with van der Waals surface area (Å²) in [6.45, 7) is 8.61. The van der Waals surface area contributed by atoms with Gasteiger partial charge in [0.05, 0.1) is 48.6 Å². The van der Waals surface area contributed by atoms with Crippen molar-refractivity contribution in [3.63, 3.8) is 0 Å². The third kappa shape index (κ3) is 16.9. The maximum Gasteiger partial charge on any atom is 0.312 e. The summed E-state index contributed by atoms with van der Waals surface area (Å²) in [5.41, 5.74) is 1.43. The molecule has 2 saturated heterocycles. The molecule has 2 aliphatic carbocycles. The van der Waals surface area contributed by atoms with Gasteiger partial charge in [-0.2, -0.15) is 0 Å². The Kier molecular flexibility index (Phi) is 24.0. The minimum absolute atomic E-state index is 0.00210. The number of fused-ring (bicyclic) bond motifs is 3. The van der Waals surface area contributed by atoms with Crippen LogP contribution in [0.3, 0.4) is 0 Å². The second-order valence-corrected chi connectivity index (χ2v) is 24.7. The van der Waals surface area contributed by atoms with Crippen LogP contribution in [-0.2, 0) is 60.7 Å². The lowest BCUT2D eigenvalue weighted by Gasteiger charge is -2.43. The summed E-state index contributed by atoms with van der Waals surface area (Å²) in [6.07, 6.45) is -6.08. The van der Waals surface area contributed by atoms with Crippen molar-refractivity contribution in [2.45, 2.75) is 179 Å². The number of aliphatic hydroxyl groups is 3. The average molecular weight is 1280 g/mol. The van der Waals surface area contributed by atoms with Crippen molar-refractivity contribution >= 4 is 64.7 Å². The molecule has 28 heteroatoms. The van der Waals surface area contributed by atoms with Crippen LogP contribution in [0.4, 0.5) is 4.79 Å². The molecule has 28 nitrogen and oxygen atoms in total. The lowest BCUT2D eigenvalue weighted by atomic mass is 9.72. The van der Waals surface area contributed by atoms with Crippen molar-refractivity contribution in [1.82, 2.24) is 42.1 Å². The summed E-state index contributed by atoms with van der Waals surface area (Å²) in [4.78, 5) is 151. The topological polar surface area (TPSA) is 430 Å². The molecule has 7 rings (SSSR count). The number of rotatable bonds is 28. The largest absolute Gasteiger partial charge is 0.507 e. The molecule has 0 radical (unpaired) electrons. The number of hydrogen-bond donors (Lipinski definition) is 13. The molecule has 3 aromatic carbocycles. The van der Waals surface area contributed by atoms with Crippen LogP contribution in [0.5, 0.6) is 17.2 Å². The molecular formula is C64H85N9O19. The van der Waals surface area contributed by atoms with Gasteiger partial charge in [0.15, 0.2) is 17.9 Å². The summed E-state index contributed by atoms with van der Waals surface area (Å²) in [7, 11) is 1.27. The van der Waals surface area contributed by atoms with Gasteiger partial charge in [0.25, 0.3) is 0 Å². The van der Waals surface area contributed by atoms with E-state index in [9.17, 15) is 78.3 Å². The minimum atomic E-state index is -2.48. The van der Waals surface area contributed by atoms with Gasteiger partial charge in [0.1, 0.15) is 65.8 Å². The molecule has 0 spiro atoms. The van der Waals surface area contributed by atoms with Crippen molar-refractivity contribution in [3.05, 3.63) is 87.5 Å². The van der Waals surface area contributed by atoms with Crippen LogP contribution in [-0.4, -0.2) is 189 Å². The van der Waals surface area contributed by atoms with Crippen LogP contribution in [0.2, 0.25) is 0 Å². The molecule has 0 bridgehead atoms. The maximum absolute atomic E-state index is 14.6. The van der Waals surface area contributed by atoms with Crippen LogP contribution in [0.15, 0.2) is 48.5 Å². The second-order valence-electron chi connectivity index (χ2n) is 24.7. The Morgan fingerprint density at radius 2 is 1.42 bits per heavy atom. The number of nitrogens with two attached hydrogens (primary N) is 1. The molecule has 0 saturated carbocycles. The molecule has 11 atom stereocenters. The fourth-order valence-electron chi connectivity index (χ4n) is 12.3. The number of aromatic hydroxyl groups is 2. The van der Waals surface area contributed by atoms with E-state index in [1.165, 1.54) is 44.1 Å². The third-order valence-corrected chi connectivity index (χ3v) is 17.0. The van der Waals surface area contributed by atoms with Crippen LogP contribution < -0.4 is 47.7 Å². The Balaban J connectivity index is 1.09. The molecule has 500 valence electrons. The normalized spacial score (nSPS) is 22.1. The fraction of sp³-hybridized carbons (Fsp3) is 0.547. The standard InChI is InChI=1S/C64H85N9O19/c1-31(2)24-41(72-62(87)43-18-13-23-73(43)34(6)75)58(83)67-29-47(77)68-39(21-20-35-14-9-8-10-15-35)60(85)69-38(17-12-22-66-63(65)88)59(84)71-42(25-32(3)4)61(86)70-40-26-48(91-33(5)53(40)78)92-45-28-64(89,46(76)30-74)27-37-50(45)57(82)52-51(55(37)80)54(79)36-16-11-19-44(90-7)49(36)56(52)81/h8-11,14-16,19,31-33,38-43,45,48,53,74,78,80,82,89H,12-13,17-18,20-30H2,1-7H3,(H,67,83)(H,68,77)(H,69,85)(H,70,86)(H,71,84)(H,72,87)(H3,65,66,88)/t33-,38-,39-,40-,41-,42-,43-,45-,48-,53+,64-/m0/s1. The summed E-state index contributed by atoms with van der Waals surface area (Å²) >= 11 is 0. The number of ketones is 3. The van der Waals surface area contributed by atoms with Crippen molar-refractivity contribution in [1.29, 1.82) is 0 Å². The molecule has 14 N–H and O–H groups in total. The molecule has 3 aromatic rings. The Hall–Kier alpha value is -8.57. The third-order valence-electron chi connectivity index (χ3n) is 17.0. The quantitative estimate of drug-likeness (QED) is 0.0270. The molecule has 0 unspecified atom stereocenters. The van der Waals surface area contributed by atoms with Crippen LogP contribution >= 0.6 is 0 Å². The first-order valence-corrected chi connectivity index (χ1v) is 30.9. The van der Waals surface area contributed by atoms with E-state index in [0.717, 1.165) is 5.56 Å². The zero-order chi connectivity index (χ0) is 67.5. The lowest BCUT2D eigenvalue weighted by molar-refractivity contribution is -0.249. The van der Waals surface area contributed by atoms with E-state index in [1.54, 1.807) is 32.0 Å². The van der Waals surface area contributed by atoms with Crippen molar-refractivity contribution in [2.24, 2.45) is 17.6 Å². The highest BCUT2D eigenvalue weighted by Gasteiger charge is 2.51. The number of likely N-dealkylation sites (tertiary alicyclic amines) is 1. The number of benzene rings is 3. The minimum Gasteiger partial charge on any atom is -0.507 e. The maximum atomic E-state index is 14.6. The van der Waals surface area contributed by atoms with Gasteiger partial charge >= 0.3 is 6.03 Å². The molecule has 2 aliphatic heterocycles. The number of nitrogens with zero attached hydrogens (tertiary/aromatic N) is 1. The van der Waals surface area contributed by atoms with Crippen molar-refractivity contribution in [3.8, 4) is 17.2 Å². The highest BCUT2D eigenvalue weighted by atomic mass is 16.7. The summed E-state index contributed by atoms with van der Waals surface area (Å²) < 4.78 is 17.8. The number of methoxy groups -OCH3 is 1. The summed E-state index contributed by atoms with van der Waals surface area (Å²) in [5.74, 6) is -9.66. The van der Waals surface area contributed by atoms with E-state index in [4.69, 9.17) is 19.9 Å². The van der Waals surface area contributed by atoms with Gasteiger partial charge in [-0.3, -0.25) is 47.9 Å². The van der Waals surface area contributed by atoms with Crippen LogP contribution in [0.1, 0.15) is 154 Å². The Labute approximate surface area is 531 Å².